The molecule has 2 aromatic rings. The monoisotopic (exact) mass is 455 g/mol. The van der Waals surface area contributed by atoms with E-state index in [9.17, 15) is 9.59 Å². The lowest BCUT2D eigenvalue weighted by atomic mass is 9.62. The van der Waals surface area contributed by atoms with E-state index in [0.29, 0.717) is 37.8 Å². The minimum absolute atomic E-state index is 0.00855. The van der Waals surface area contributed by atoms with Crippen molar-refractivity contribution in [2.75, 3.05) is 18.0 Å². The molecule has 2 saturated heterocycles. The van der Waals surface area contributed by atoms with Crippen molar-refractivity contribution in [1.82, 2.24) is 10.2 Å². The SMILES string of the molecule is CC(C)C1C=CC(NC(=O)N2CCC3(CC2)C(=O)N(c2ccccc2)C3c2ccccc2)=CC1. The average Bonchev–Trinajstić information content (AvgIpc) is 2.88. The topological polar surface area (TPSA) is 52.7 Å². The van der Waals surface area contributed by atoms with Crippen molar-refractivity contribution in [3.63, 3.8) is 0 Å². The summed E-state index contributed by atoms with van der Waals surface area (Å²) in [6.45, 7) is 5.60. The zero-order chi connectivity index (χ0) is 23.7. The molecule has 5 rings (SSSR count). The Morgan fingerprint density at radius 1 is 1.00 bits per heavy atom. The van der Waals surface area contributed by atoms with E-state index >= 15 is 0 Å². The van der Waals surface area contributed by atoms with Crippen molar-refractivity contribution in [1.29, 1.82) is 0 Å². The fraction of sp³-hybridized carbons (Fsp3) is 0.379. The van der Waals surface area contributed by atoms with E-state index in [2.05, 4.69) is 43.4 Å². The number of nitrogens with one attached hydrogen (secondary N) is 1. The predicted molar refractivity (Wildman–Crippen MR) is 135 cm³/mol. The molecule has 0 aromatic heterocycles. The van der Waals surface area contributed by atoms with Crippen molar-refractivity contribution < 1.29 is 9.59 Å². The van der Waals surface area contributed by atoms with Gasteiger partial charge in [-0.05, 0) is 54.9 Å². The average molecular weight is 456 g/mol. The highest BCUT2D eigenvalue weighted by Crippen LogP contribution is 2.57. The van der Waals surface area contributed by atoms with Crippen LogP contribution in [-0.2, 0) is 4.79 Å². The van der Waals surface area contributed by atoms with Crippen LogP contribution in [0.5, 0.6) is 0 Å². The van der Waals surface area contributed by atoms with Gasteiger partial charge in [-0.3, -0.25) is 4.79 Å². The number of anilines is 1. The third-order valence-electron chi connectivity index (χ3n) is 7.76. The van der Waals surface area contributed by atoms with Crippen LogP contribution in [0.3, 0.4) is 0 Å². The van der Waals surface area contributed by atoms with E-state index in [-0.39, 0.29) is 18.0 Å². The van der Waals surface area contributed by atoms with Crippen LogP contribution in [0.2, 0.25) is 0 Å². The summed E-state index contributed by atoms with van der Waals surface area (Å²) in [4.78, 5) is 30.3. The first kappa shape index (κ1) is 22.5. The Kier molecular flexibility index (Phi) is 6.03. The van der Waals surface area contributed by atoms with Crippen molar-refractivity contribution >= 4 is 17.6 Å². The largest absolute Gasteiger partial charge is 0.324 e. The second-order valence-electron chi connectivity index (χ2n) is 10.1. The van der Waals surface area contributed by atoms with Gasteiger partial charge < -0.3 is 15.1 Å². The number of likely N-dealkylation sites (tertiary alicyclic amines) is 1. The Labute approximate surface area is 202 Å². The molecular formula is C29H33N3O2. The first-order valence-corrected chi connectivity index (χ1v) is 12.4. The fourth-order valence-corrected chi connectivity index (χ4v) is 5.64. The lowest BCUT2D eigenvalue weighted by Crippen LogP contribution is -2.67. The maximum atomic E-state index is 13.6. The number of hydrogen-bond donors (Lipinski definition) is 1. The van der Waals surface area contributed by atoms with Crippen molar-refractivity contribution in [2.45, 2.75) is 39.2 Å². The van der Waals surface area contributed by atoms with Gasteiger partial charge in [0.2, 0.25) is 5.91 Å². The van der Waals surface area contributed by atoms with Crippen LogP contribution in [0, 0.1) is 17.3 Å². The Morgan fingerprint density at radius 3 is 2.24 bits per heavy atom. The molecule has 2 atom stereocenters. The van der Waals surface area contributed by atoms with E-state index in [0.717, 1.165) is 23.4 Å². The summed E-state index contributed by atoms with van der Waals surface area (Å²) in [5.74, 6) is 1.30. The Balaban J connectivity index is 1.29. The minimum atomic E-state index is -0.456. The molecule has 34 heavy (non-hydrogen) atoms. The van der Waals surface area contributed by atoms with Crippen LogP contribution in [0.25, 0.3) is 0 Å². The molecule has 2 unspecified atom stereocenters. The molecule has 0 bridgehead atoms. The van der Waals surface area contributed by atoms with Gasteiger partial charge in [-0.1, -0.05) is 74.5 Å². The van der Waals surface area contributed by atoms with Gasteiger partial charge in [-0.2, -0.15) is 0 Å². The van der Waals surface area contributed by atoms with Gasteiger partial charge in [0.15, 0.2) is 0 Å². The molecule has 2 heterocycles. The first-order valence-electron chi connectivity index (χ1n) is 12.4. The molecule has 1 N–H and O–H groups in total. The van der Waals surface area contributed by atoms with Crippen LogP contribution >= 0.6 is 0 Å². The van der Waals surface area contributed by atoms with Crippen molar-refractivity contribution in [2.24, 2.45) is 17.3 Å². The number of carbonyl (C=O) groups excluding carboxylic acids is 2. The summed E-state index contributed by atoms with van der Waals surface area (Å²) in [5.41, 5.74) is 2.51. The zero-order valence-electron chi connectivity index (χ0n) is 20.0. The standard InChI is InChI=1S/C29H33N3O2/c1-21(2)22-13-15-24(16-14-22)30-28(34)31-19-17-29(18-20-31)26(23-9-5-3-6-10-23)32(27(29)33)25-11-7-4-8-12-25/h3-13,15-16,21-22,26H,14,17-20H2,1-2H3,(H,30,34). The van der Waals surface area contributed by atoms with E-state index < -0.39 is 5.41 Å². The number of para-hydroxylation sites is 1. The lowest BCUT2D eigenvalue weighted by Gasteiger charge is -2.59. The first-order chi connectivity index (χ1) is 16.5. The number of carbonyl (C=O) groups is 2. The molecule has 2 aliphatic heterocycles. The molecule has 1 aliphatic carbocycles. The van der Waals surface area contributed by atoms with Gasteiger partial charge >= 0.3 is 6.03 Å². The van der Waals surface area contributed by atoms with Gasteiger partial charge in [-0.25, -0.2) is 4.79 Å². The van der Waals surface area contributed by atoms with E-state index in [1.807, 2.05) is 64.4 Å². The summed E-state index contributed by atoms with van der Waals surface area (Å²) in [6.07, 6.45) is 8.64. The highest BCUT2D eigenvalue weighted by molar-refractivity contribution is 6.06. The van der Waals surface area contributed by atoms with E-state index in [1.54, 1.807) is 0 Å². The molecule has 2 aromatic carbocycles. The van der Waals surface area contributed by atoms with Crippen LogP contribution < -0.4 is 10.2 Å². The fourth-order valence-electron chi connectivity index (χ4n) is 5.64. The normalized spacial score (nSPS) is 23.6. The highest BCUT2D eigenvalue weighted by atomic mass is 16.2. The van der Waals surface area contributed by atoms with Gasteiger partial charge in [0.05, 0.1) is 11.5 Å². The van der Waals surface area contributed by atoms with Crippen LogP contribution in [-0.4, -0.2) is 29.9 Å². The van der Waals surface area contributed by atoms with Gasteiger partial charge in [-0.15, -0.1) is 0 Å². The van der Waals surface area contributed by atoms with Gasteiger partial charge in [0, 0.05) is 24.5 Å². The smallest absolute Gasteiger partial charge is 0.321 e. The Bertz CT molecular complexity index is 1100. The number of piperidine rings is 1. The number of benzene rings is 2. The van der Waals surface area contributed by atoms with Crippen LogP contribution in [0.15, 0.2) is 84.6 Å². The molecule has 0 radical (unpaired) electrons. The molecule has 5 nitrogen and oxygen atoms in total. The predicted octanol–water partition coefficient (Wildman–Crippen LogP) is 5.68. The maximum absolute atomic E-state index is 13.6. The van der Waals surface area contributed by atoms with Gasteiger partial charge in [0.25, 0.3) is 0 Å². The highest BCUT2D eigenvalue weighted by Gasteiger charge is 2.62. The summed E-state index contributed by atoms with van der Waals surface area (Å²) in [7, 11) is 0. The summed E-state index contributed by atoms with van der Waals surface area (Å²) in [5, 5.41) is 3.07. The second kappa shape index (κ2) is 9.13. The number of hydrogen-bond acceptors (Lipinski definition) is 2. The van der Waals surface area contributed by atoms with Gasteiger partial charge in [0.1, 0.15) is 0 Å². The summed E-state index contributed by atoms with van der Waals surface area (Å²) >= 11 is 0. The molecule has 0 saturated carbocycles. The number of β-lactam (4-membered cyclic amide) rings is 1. The number of allylic oxidation sites excluding steroid dienone is 3. The number of rotatable bonds is 4. The van der Waals surface area contributed by atoms with Crippen molar-refractivity contribution in [3.8, 4) is 0 Å². The van der Waals surface area contributed by atoms with E-state index in [1.165, 1.54) is 0 Å². The molecular weight excluding hydrogens is 422 g/mol. The lowest BCUT2D eigenvalue weighted by molar-refractivity contribution is -0.144. The maximum Gasteiger partial charge on any atom is 0.321 e. The Morgan fingerprint density at radius 2 is 1.65 bits per heavy atom. The Hall–Kier alpha value is -3.34. The molecule has 5 heteroatoms. The molecule has 2 fully saturated rings. The molecule has 176 valence electrons. The van der Waals surface area contributed by atoms with Crippen molar-refractivity contribution in [3.05, 3.63) is 90.2 Å². The number of nitrogens with zero attached hydrogens (tertiary/aromatic N) is 2. The third kappa shape index (κ3) is 3.93. The zero-order valence-corrected chi connectivity index (χ0v) is 20.0. The number of urea groups is 1. The number of amides is 3. The molecule has 3 amide bonds. The molecule has 1 spiro atoms. The van der Waals surface area contributed by atoms with E-state index in [4.69, 9.17) is 0 Å². The summed E-state index contributed by atoms with van der Waals surface area (Å²) in [6, 6.07) is 20.1. The van der Waals surface area contributed by atoms with Crippen LogP contribution in [0.4, 0.5) is 10.5 Å². The summed E-state index contributed by atoms with van der Waals surface area (Å²) < 4.78 is 0. The quantitative estimate of drug-likeness (QED) is 0.603. The molecule has 3 aliphatic rings. The third-order valence-corrected chi connectivity index (χ3v) is 7.76. The minimum Gasteiger partial charge on any atom is -0.324 e. The second-order valence-corrected chi connectivity index (χ2v) is 10.1. The van der Waals surface area contributed by atoms with Crippen LogP contribution in [0.1, 0.15) is 44.7 Å².